The quantitative estimate of drug-likeness (QED) is 0.391. The molecule has 1 aliphatic rings. The van der Waals surface area contributed by atoms with Crippen LogP contribution in [0.5, 0.6) is 0 Å². The molecule has 0 radical (unpaired) electrons. The predicted octanol–water partition coefficient (Wildman–Crippen LogP) is 4.48. The number of nitrogens with one attached hydrogen (secondary N) is 1. The van der Waals surface area contributed by atoms with Crippen LogP contribution in [0.2, 0.25) is 0 Å². The molecule has 2 unspecified atom stereocenters. The zero-order chi connectivity index (χ0) is 18.2. The number of ether oxygens (including phenoxy) is 1. The smallest absolute Gasteiger partial charge is 0.193 e. The Bertz CT molecular complexity index is 691. The van der Waals surface area contributed by atoms with E-state index < -0.39 is 0 Å². The van der Waals surface area contributed by atoms with E-state index in [1.807, 2.05) is 25.1 Å². The second-order valence-electron chi connectivity index (χ2n) is 7.01. The normalized spacial score (nSPS) is 19.9. The summed E-state index contributed by atoms with van der Waals surface area (Å²) in [7, 11) is 4.06. The highest BCUT2D eigenvalue weighted by atomic mass is 127. The van der Waals surface area contributed by atoms with E-state index in [-0.39, 0.29) is 30.1 Å². The van der Waals surface area contributed by atoms with E-state index in [1.54, 1.807) is 0 Å². The SMILES string of the molecule is CN(C)C(=NCc1ccccc1)NCC1CCCOC1c1ccccc1.I. The van der Waals surface area contributed by atoms with Gasteiger partial charge in [0.2, 0.25) is 0 Å². The largest absolute Gasteiger partial charge is 0.373 e. The minimum absolute atomic E-state index is 0. The van der Waals surface area contributed by atoms with Crippen molar-refractivity contribution in [1.29, 1.82) is 0 Å². The number of nitrogens with zero attached hydrogens (tertiary/aromatic N) is 2. The van der Waals surface area contributed by atoms with Gasteiger partial charge in [-0.15, -0.1) is 24.0 Å². The lowest BCUT2D eigenvalue weighted by Crippen LogP contribution is -2.41. The second kappa shape index (κ2) is 11.3. The van der Waals surface area contributed by atoms with Crippen LogP contribution < -0.4 is 5.32 Å². The van der Waals surface area contributed by atoms with Crippen LogP contribution in [0.3, 0.4) is 0 Å². The van der Waals surface area contributed by atoms with E-state index in [9.17, 15) is 0 Å². The van der Waals surface area contributed by atoms with E-state index >= 15 is 0 Å². The van der Waals surface area contributed by atoms with E-state index in [2.05, 4.69) is 59.9 Å². The van der Waals surface area contributed by atoms with Crippen LogP contribution in [0.1, 0.15) is 30.1 Å². The van der Waals surface area contributed by atoms with Gasteiger partial charge in [0.05, 0.1) is 12.6 Å². The van der Waals surface area contributed by atoms with Gasteiger partial charge in [-0.25, -0.2) is 4.99 Å². The first-order valence-corrected chi connectivity index (χ1v) is 9.40. The maximum atomic E-state index is 6.11. The van der Waals surface area contributed by atoms with Gasteiger partial charge < -0.3 is 15.0 Å². The first-order chi connectivity index (χ1) is 12.7. The van der Waals surface area contributed by atoms with Crippen molar-refractivity contribution in [2.75, 3.05) is 27.2 Å². The average Bonchev–Trinajstić information content (AvgIpc) is 2.69. The molecule has 1 fully saturated rings. The summed E-state index contributed by atoms with van der Waals surface area (Å²) in [6.45, 7) is 2.40. The van der Waals surface area contributed by atoms with Crippen molar-refractivity contribution in [3.8, 4) is 0 Å². The zero-order valence-electron chi connectivity index (χ0n) is 16.2. The number of aliphatic imine (C=N–C) groups is 1. The van der Waals surface area contributed by atoms with Crippen molar-refractivity contribution in [3.05, 3.63) is 71.8 Å². The fraction of sp³-hybridized carbons (Fsp3) is 0.409. The van der Waals surface area contributed by atoms with Crippen LogP contribution in [0.25, 0.3) is 0 Å². The molecule has 2 aromatic rings. The molecule has 0 amide bonds. The Balaban J connectivity index is 0.00000261. The summed E-state index contributed by atoms with van der Waals surface area (Å²) in [4.78, 5) is 6.81. The molecule has 0 spiro atoms. The van der Waals surface area contributed by atoms with Crippen LogP contribution >= 0.6 is 24.0 Å². The molecule has 2 atom stereocenters. The number of hydrogen-bond donors (Lipinski definition) is 1. The second-order valence-corrected chi connectivity index (χ2v) is 7.01. The highest BCUT2D eigenvalue weighted by Crippen LogP contribution is 2.33. The topological polar surface area (TPSA) is 36.9 Å². The maximum absolute atomic E-state index is 6.11. The number of benzene rings is 2. The summed E-state index contributed by atoms with van der Waals surface area (Å²) < 4.78 is 6.11. The molecule has 3 rings (SSSR count). The minimum atomic E-state index is 0. The highest BCUT2D eigenvalue weighted by molar-refractivity contribution is 14.0. The first-order valence-electron chi connectivity index (χ1n) is 9.40. The Morgan fingerprint density at radius 1 is 1.07 bits per heavy atom. The van der Waals surface area contributed by atoms with Gasteiger partial charge in [0.1, 0.15) is 0 Å². The van der Waals surface area contributed by atoms with Crippen molar-refractivity contribution >= 4 is 29.9 Å². The maximum Gasteiger partial charge on any atom is 0.193 e. The molecule has 2 aromatic carbocycles. The van der Waals surface area contributed by atoms with Gasteiger partial charge in [-0.2, -0.15) is 0 Å². The summed E-state index contributed by atoms with van der Waals surface area (Å²) in [5.74, 6) is 1.37. The van der Waals surface area contributed by atoms with Crippen molar-refractivity contribution in [3.63, 3.8) is 0 Å². The molecule has 146 valence electrons. The Hall–Kier alpha value is -1.60. The van der Waals surface area contributed by atoms with E-state index in [0.717, 1.165) is 25.5 Å². The number of halogens is 1. The molecule has 27 heavy (non-hydrogen) atoms. The molecule has 1 heterocycles. The van der Waals surface area contributed by atoms with Crippen molar-refractivity contribution in [1.82, 2.24) is 10.2 Å². The highest BCUT2D eigenvalue weighted by Gasteiger charge is 2.27. The third-order valence-electron chi connectivity index (χ3n) is 4.77. The summed E-state index contributed by atoms with van der Waals surface area (Å²) in [5, 5.41) is 3.55. The van der Waals surface area contributed by atoms with Gasteiger partial charge in [-0.3, -0.25) is 0 Å². The third kappa shape index (κ3) is 6.50. The van der Waals surface area contributed by atoms with Gasteiger partial charge >= 0.3 is 0 Å². The molecule has 1 N–H and O–H groups in total. The van der Waals surface area contributed by atoms with E-state index in [1.165, 1.54) is 17.5 Å². The lowest BCUT2D eigenvalue weighted by atomic mass is 9.89. The molecule has 5 heteroatoms. The molecular weight excluding hydrogens is 449 g/mol. The van der Waals surface area contributed by atoms with Gasteiger partial charge in [0.15, 0.2) is 5.96 Å². The summed E-state index contributed by atoms with van der Waals surface area (Å²) in [6, 6.07) is 20.9. The van der Waals surface area contributed by atoms with Gasteiger partial charge in [0.25, 0.3) is 0 Å². The van der Waals surface area contributed by atoms with E-state index in [0.29, 0.717) is 12.5 Å². The lowest BCUT2D eigenvalue weighted by Gasteiger charge is -2.33. The zero-order valence-corrected chi connectivity index (χ0v) is 18.5. The molecule has 1 saturated heterocycles. The predicted molar refractivity (Wildman–Crippen MR) is 123 cm³/mol. The molecule has 4 nitrogen and oxygen atoms in total. The number of rotatable bonds is 5. The van der Waals surface area contributed by atoms with Crippen LogP contribution in [-0.2, 0) is 11.3 Å². The summed E-state index contributed by atoms with van der Waals surface area (Å²) in [5.41, 5.74) is 2.49. The van der Waals surface area contributed by atoms with Crippen LogP contribution in [0.4, 0.5) is 0 Å². The minimum Gasteiger partial charge on any atom is -0.373 e. The Morgan fingerprint density at radius 2 is 1.74 bits per heavy atom. The summed E-state index contributed by atoms with van der Waals surface area (Å²) >= 11 is 0. The molecule has 0 saturated carbocycles. The van der Waals surface area contributed by atoms with Gasteiger partial charge in [0, 0.05) is 33.2 Å². The Kier molecular flexibility index (Phi) is 9.07. The van der Waals surface area contributed by atoms with Gasteiger partial charge in [-0.1, -0.05) is 60.7 Å². The van der Waals surface area contributed by atoms with Crippen LogP contribution in [-0.4, -0.2) is 38.1 Å². The fourth-order valence-corrected chi connectivity index (χ4v) is 3.39. The Labute approximate surface area is 180 Å². The number of guanidine groups is 1. The molecule has 0 aromatic heterocycles. The van der Waals surface area contributed by atoms with Crippen molar-refractivity contribution < 1.29 is 4.74 Å². The standard InChI is InChI=1S/C22H29N3O.HI/c1-25(2)22(23-16-18-10-5-3-6-11-18)24-17-20-14-9-15-26-21(20)19-12-7-4-8-13-19;/h3-8,10-13,20-21H,9,14-17H2,1-2H3,(H,23,24);1H. The van der Waals surface area contributed by atoms with Crippen molar-refractivity contribution in [2.45, 2.75) is 25.5 Å². The van der Waals surface area contributed by atoms with Crippen LogP contribution in [0.15, 0.2) is 65.7 Å². The molecular formula is C22H30IN3O. The Morgan fingerprint density at radius 3 is 2.41 bits per heavy atom. The monoisotopic (exact) mass is 479 g/mol. The fourth-order valence-electron chi connectivity index (χ4n) is 3.39. The van der Waals surface area contributed by atoms with E-state index in [4.69, 9.17) is 9.73 Å². The molecule has 1 aliphatic heterocycles. The molecule has 0 aliphatic carbocycles. The third-order valence-corrected chi connectivity index (χ3v) is 4.77. The number of hydrogen-bond acceptors (Lipinski definition) is 2. The molecule has 0 bridgehead atoms. The average molecular weight is 479 g/mol. The lowest BCUT2D eigenvalue weighted by molar-refractivity contribution is -0.0266. The van der Waals surface area contributed by atoms with Crippen LogP contribution in [0, 0.1) is 5.92 Å². The summed E-state index contributed by atoms with van der Waals surface area (Å²) in [6.07, 6.45) is 2.45. The van der Waals surface area contributed by atoms with Gasteiger partial charge in [-0.05, 0) is 24.0 Å². The van der Waals surface area contributed by atoms with Crippen molar-refractivity contribution in [2.24, 2.45) is 10.9 Å². The first kappa shape index (κ1) is 21.7.